The van der Waals surface area contributed by atoms with Gasteiger partial charge in [-0.05, 0) is 37.9 Å². The molecule has 10 heteroatoms. The summed E-state index contributed by atoms with van der Waals surface area (Å²) in [5, 5.41) is 13.7. The lowest BCUT2D eigenvalue weighted by Gasteiger charge is -2.61. The van der Waals surface area contributed by atoms with Crippen molar-refractivity contribution in [2.75, 3.05) is 42.9 Å². The number of nitrogens with zero attached hydrogens (tertiary/aromatic N) is 2. The van der Waals surface area contributed by atoms with Crippen molar-refractivity contribution >= 4 is 29.2 Å². The van der Waals surface area contributed by atoms with Gasteiger partial charge in [-0.1, -0.05) is 12.8 Å². The van der Waals surface area contributed by atoms with Crippen LogP contribution in [0.2, 0.25) is 0 Å². The molecule has 0 aromatic heterocycles. The molecule has 8 nitrogen and oxygen atoms in total. The van der Waals surface area contributed by atoms with Gasteiger partial charge in [-0.3, -0.25) is 19.7 Å². The Morgan fingerprint density at radius 2 is 1.76 bits per heavy atom. The Kier molecular flexibility index (Phi) is 6.83. The minimum atomic E-state index is -0.748. The number of hydrogen-bond donors (Lipinski definition) is 3. The number of carboxylic acids is 1. The van der Waals surface area contributed by atoms with Gasteiger partial charge in [0, 0.05) is 50.1 Å². The van der Waals surface area contributed by atoms with Crippen LogP contribution in [0.1, 0.15) is 44.9 Å². The van der Waals surface area contributed by atoms with Gasteiger partial charge in [0.2, 0.25) is 11.8 Å². The molecule has 0 bridgehead atoms. The lowest BCUT2D eigenvalue weighted by molar-refractivity contribution is -0.137. The molecule has 1 aromatic rings. The van der Waals surface area contributed by atoms with E-state index in [1.54, 1.807) is 4.90 Å². The molecule has 0 aliphatic carbocycles. The second-order valence-electron chi connectivity index (χ2n) is 9.56. The highest BCUT2D eigenvalue weighted by molar-refractivity contribution is 6.01. The van der Waals surface area contributed by atoms with E-state index in [0.717, 1.165) is 38.9 Å². The minimum Gasteiger partial charge on any atom is -0.481 e. The van der Waals surface area contributed by atoms with Crippen molar-refractivity contribution in [1.29, 1.82) is 0 Å². The highest BCUT2D eigenvalue weighted by Gasteiger charge is 2.52. The van der Waals surface area contributed by atoms with Crippen LogP contribution in [0.4, 0.5) is 20.2 Å². The SMILES string of the molecule is O=C(O)CCCCCCN1CC2(C1)CN(c1c(F)cc(NC3CCC(=O)NC3=O)cc1F)C2. The Morgan fingerprint density at radius 3 is 2.39 bits per heavy atom. The van der Waals surface area contributed by atoms with Crippen LogP contribution in [0, 0.1) is 17.0 Å². The number of nitrogens with one attached hydrogen (secondary N) is 2. The Morgan fingerprint density at radius 1 is 1.09 bits per heavy atom. The molecule has 1 spiro atoms. The summed E-state index contributed by atoms with van der Waals surface area (Å²) in [5.74, 6) is -2.92. The van der Waals surface area contributed by atoms with Gasteiger partial charge in [0.1, 0.15) is 11.7 Å². The van der Waals surface area contributed by atoms with Gasteiger partial charge in [0.05, 0.1) is 0 Å². The normalized spacial score (nSPS) is 22.0. The second-order valence-corrected chi connectivity index (χ2v) is 9.56. The molecule has 1 atom stereocenters. The molecule has 33 heavy (non-hydrogen) atoms. The number of piperidine rings is 1. The van der Waals surface area contributed by atoms with Gasteiger partial charge in [-0.15, -0.1) is 0 Å². The fourth-order valence-corrected chi connectivity index (χ4v) is 5.13. The molecule has 3 N–H and O–H groups in total. The zero-order chi connectivity index (χ0) is 23.6. The molecule has 2 amide bonds. The molecule has 3 fully saturated rings. The third-order valence-electron chi connectivity index (χ3n) is 6.70. The van der Waals surface area contributed by atoms with Crippen LogP contribution in [0.3, 0.4) is 0 Å². The van der Waals surface area contributed by atoms with Crippen molar-refractivity contribution in [3.05, 3.63) is 23.8 Å². The zero-order valence-corrected chi connectivity index (χ0v) is 18.5. The van der Waals surface area contributed by atoms with E-state index >= 15 is 0 Å². The predicted octanol–water partition coefficient (Wildman–Crippen LogP) is 2.34. The third-order valence-corrected chi connectivity index (χ3v) is 6.70. The van der Waals surface area contributed by atoms with Crippen molar-refractivity contribution < 1.29 is 28.3 Å². The summed E-state index contributed by atoms with van der Waals surface area (Å²) < 4.78 is 29.5. The Hall–Kier alpha value is -2.75. The lowest BCUT2D eigenvalue weighted by atomic mass is 9.72. The van der Waals surface area contributed by atoms with E-state index in [9.17, 15) is 23.2 Å². The number of anilines is 2. The first-order valence-corrected chi connectivity index (χ1v) is 11.5. The number of amides is 2. The molecule has 0 saturated carbocycles. The summed E-state index contributed by atoms with van der Waals surface area (Å²) in [6, 6.07) is 1.70. The number of rotatable bonds is 10. The number of halogens is 2. The lowest BCUT2D eigenvalue weighted by Crippen LogP contribution is -2.72. The number of imide groups is 1. The van der Waals surface area contributed by atoms with Crippen LogP contribution < -0.4 is 15.5 Å². The maximum absolute atomic E-state index is 14.7. The number of unbranched alkanes of at least 4 members (excludes halogenated alkanes) is 3. The topological polar surface area (TPSA) is 102 Å². The van der Waals surface area contributed by atoms with E-state index in [2.05, 4.69) is 15.5 Å². The highest BCUT2D eigenvalue weighted by Crippen LogP contribution is 2.43. The van der Waals surface area contributed by atoms with E-state index in [-0.39, 0.29) is 42.0 Å². The summed E-state index contributed by atoms with van der Waals surface area (Å²) in [6.07, 6.45) is 4.37. The van der Waals surface area contributed by atoms with Crippen LogP contribution >= 0.6 is 0 Å². The molecule has 180 valence electrons. The molecule has 3 heterocycles. The van der Waals surface area contributed by atoms with Crippen molar-refractivity contribution in [2.45, 2.75) is 51.0 Å². The fourth-order valence-electron chi connectivity index (χ4n) is 5.13. The molecule has 0 radical (unpaired) electrons. The van der Waals surface area contributed by atoms with Gasteiger partial charge in [0.25, 0.3) is 0 Å². The van der Waals surface area contributed by atoms with Crippen LogP contribution in [-0.2, 0) is 14.4 Å². The van der Waals surface area contributed by atoms with E-state index in [1.807, 2.05) is 0 Å². The summed E-state index contributed by atoms with van der Waals surface area (Å²) in [4.78, 5) is 37.7. The number of carbonyl (C=O) groups is 3. The predicted molar refractivity (Wildman–Crippen MR) is 118 cm³/mol. The van der Waals surface area contributed by atoms with E-state index < -0.39 is 29.6 Å². The number of hydrogen-bond acceptors (Lipinski definition) is 6. The average molecular weight is 465 g/mol. The number of aliphatic carboxylic acids is 1. The number of carbonyl (C=O) groups excluding carboxylic acids is 2. The van der Waals surface area contributed by atoms with Crippen LogP contribution in [0.5, 0.6) is 0 Å². The van der Waals surface area contributed by atoms with Gasteiger partial charge in [0.15, 0.2) is 11.6 Å². The minimum absolute atomic E-state index is 0.0358. The van der Waals surface area contributed by atoms with Crippen molar-refractivity contribution in [3.8, 4) is 0 Å². The van der Waals surface area contributed by atoms with Crippen molar-refractivity contribution in [1.82, 2.24) is 10.2 Å². The first kappa shape index (κ1) is 23.4. The molecule has 3 aliphatic rings. The molecule has 1 aromatic carbocycles. The van der Waals surface area contributed by atoms with Crippen LogP contribution in [0.25, 0.3) is 0 Å². The zero-order valence-electron chi connectivity index (χ0n) is 18.5. The fraction of sp³-hybridized carbons (Fsp3) is 0.609. The number of carboxylic acid groups (broad SMARTS) is 1. The standard InChI is InChI=1S/C23H30F2N4O4/c24-16-9-15(26-18-6-7-19(30)27-22(18)33)10-17(25)21(16)29-13-23(14-29)11-28(12-23)8-4-2-1-3-5-20(31)32/h9-10,18,26H,1-8,11-14H2,(H,31,32)(H,27,30,33). The van der Waals surface area contributed by atoms with Gasteiger partial charge < -0.3 is 20.2 Å². The van der Waals surface area contributed by atoms with Gasteiger partial charge >= 0.3 is 5.97 Å². The van der Waals surface area contributed by atoms with Crippen molar-refractivity contribution in [3.63, 3.8) is 0 Å². The monoisotopic (exact) mass is 464 g/mol. The second kappa shape index (κ2) is 9.62. The van der Waals surface area contributed by atoms with E-state index in [4.69, 9.17) is 5.11 Å². The molecule has 4 rings (SSSR count). The summed E-state index contributed by atoms with van der Waals surface area (Å²) in [6.45, 7) is 4.01. The van der Waals surface area contributed by atoms with Gasteiger partial charge in [-0.25, -0.2) is 8.78 Å². The Balaban J connectivity index is 1.22. The molecule has 1 unspecified atom stereocenters. The quantitative estimate of drug-likeness (QED) is 0.361. The van der Waals surface area contributed by atoms with Crippen LogP contribution in [0.15, 0.2) is 12.1 Å². The van der Waals surface area contributed by atoms with E-state index in [0.29, 0.717) is 19.5 Å². The third kappa shape index (κ3) is 5.43. The highest BCUT2D eigenvalue weighted by atomic mass is 19.1. The summed E-state index contributed by atoms with van der Waals surface area (Å²) in [7, 11) is 0. The Labute approximate surface area is 191 Å². The molecule has 3 aliphatic heterocycles. The summed E-state index contributed by atoms with van der Waals surface area (Å²) in [5.41, 5.74) is 0.231. The first-order chi connectivity index (χ1) is 15.7. The summed E-state index contributed by atoms with van der Waals surface area (Å²) >= 11 is 0. The van der Waals surface area contributed by atoms with Crippen molar-refractivity contribution in [2.24, 2.45) is 5.41 Å². The number of benzene rings is 1. The molecular weight excluding hydrogens is 434 g/mol. The first-order valence-electron chi connectivity index (χ1n) is 11.5. The maximum atomic E-state index is 14.7. The largest absolute Gasteiger partial charge is 0.481 e. The van der Waals surface area contributed by atoms with Gasteiger partial charge in [-0.2, -0.15) is 0 Å². The Bertz CT molecular complexity index is 904. The maximum Gasteiger partial charge on any atom is 0.303 e. The molecule has 3 saturated heterocycles. The van der Waals surface area contributed by atoms with E-state index in [1.165, 1.54) is 12.1 Å². The van der Waals surface area contributed by atoms with Crippen LogP contribution in [-0.4, -0.2) is 66.6 Å². The average Bonchev–Trinajstić information content (AvgIpc) is 2.67. The smallest absolute Gasteiger partial charge is 0.303 e. The number of likely N-dealkylation sites (tertiary alicyclic amines) is 1. The molecular formula is C23H30F2N4O4.